The standard InChI is InChI=1S/C13H19N3O3/c1-19-13-5-4-11(9-12(13)16(17)18)15-10-3-2-7-14-8-6-10/h4-5,9-10,14-15H,2-3,6-8H2,1H3. The minimum absolute atomic E-state index is 0.000697. The first-order valence-corrected chi connectivity index (χ1v) is 6.50. The summed E-state index contributed by atoms with van der Waals surface area (Å²) in [5, 5.41) is 17.7. The van der Waals surface area contributed by atoms with Crippen molar-refractivity contribution in [1.82, 2.24) is 5.32 Å². The molecule has 19 heavy (non-hydrogen) atoms. The van der Waals surface area contributed by atoms with Gasteiger partial charge in [0.2, 0.25) is 0 Å². The van der Waals surface area contributed by atoms with Crippen LogP contribution in [0.3, 0.4) is 0 Å². The van der Waals surface area contributed by atoms with Crippen LogP contribution in [-0.2, 0) is 0 Å². The number of nitro groups is 1. The molecule has 104 valence electrons. The molecule has 1 aliphatic heterocycles. The molecule has 1 heterocycles. The minimum Gasteiger partial charge on any atom is -0.490 e. The van der Waals surface area contributed by atoms with Crippen molar-refractivity contribution in [2.45, 2.75) is 25.3 Å². The van der Waals surface area contributed by atoms with Gasteiger partial charge in [-0.25, -0.2) is 0 Å². The molecule has 0 bridgehead atoms. The quantitative estimate of drug-likeness (QED) is 0.644. The fraction of sp³-hybridized carbons (Fsp3) is 0.538. The van der Waals surface area contributed by atoms with Crippen LogP contribution < -0.4 is 15.4 Å². The maximum Gasteiger partial charge on any atom is 0.312 e. The van der Waals surface area contributed by atoms with Crippen LogP contribution in [-0.4, -0.2) is 31.2 Å². The smallest absolute Gasteiger partial charge is 0.312 e. The van der Waals surface area contributed by atoms with Gasteiger partial charge in [0.15, 0.2) is 5.75 Å². The minimum atomic E-state index is -0.418. The first kappa shape index (κ1) is 13.6. The first-order chi connectivity index (χ1) is 9.20. The highest BCUT2D eigenvalue weighted by Gasteiger charge is 2.17. The van der Waals surface area contributed by atoms with Gasteiger partial charge in [-0.2, -0.15) is 0 Å². The molecule has 0 aromatic heterocycles. The van der Waals surface area contributed by atoms with Gasteiger partial charge < -0.3 is 15.4 Å². The summed E-state index contributed by atoms with van der Waals surface area (Å²) in [6.07, 6.45) is 3.22. The molecule has 1 fully saturated rings. The van der Waals surface area contributed by atoms with Crippen molar-refractivity contribution in [1.29, 1.82) is 0 Å². The molecule has 0 spiro atoms. The van der Waals surface area contributed by atoms with Gasteiger partial charge in [0.1, 0.15) is 0 Å². The van der Waals surface area contributed by atoms with Gasteiger partial charge in [-0.3, -0.25) is 10.1 Å². The van der Waals surface area contributed by atoms with E-state index in [0.717, 1.165) is 38.0 Å². The summed E-state index contributed by atoms with van der Waals surface area (Å²) in [6, 6.07) is 5.36. The molecule has 6 heteroatoms. The molecule has 0 radical (unpaired) electrons. The van der Waals surface area contributed by atoms with E-state index in [4.69, 9.17) is 4.74 Å². The molecule has 0 amide bonds. The summed E-state index contributed by atoms with van der Waals surface area (Å²) < 4.78 is 4.99. The second-order valence-corrected chi connectivity index (χ2v) is 4.67. The molecule has 2 N–H and O–H groups in total. The normalized spacial score (nSPS) is 19.5. The number of benzene rings is 1. The zero-order valence-corrected chi connectivity index (χ0v) is 11.0. The van der Waals surface area contributed by atoms with Crippen LogP contribution in [0, 0.1) is 10.1 Å². The number of methoxy groups -OCH3 is 1. The Hall–Kier alpha value is -1.82. The van der Waals surface area contributed by atoms with E-state index in [-0.39, 0.29) is 11.4 Å². The lowest BCUT2D eigenvalue weighted by atomic mass is 10.1. The summed E-state index contributed by atoms with van der Waals surface area (Å²) in [7, 11) is 1.44. The Morgan fingerprint density at radius 3 is 3.00 bits per heavy atom. The average molecular weight is 265 g/mol. The van der Waals surface area contributed by atoms with E-state index in [0.29, 0.717) is 6.04 Å². The van der Waals surface area contributed by atoms with Crippen LogP contribution in [0.5, 0.6) is 5.75 Å². The van der Waals surface area contributed by atoms with Crippen LogP contribution >= 0.6 is 0 Å². The lowest BCUT2D eigenvalue weighted by molar-refractivity contribution is -0.385. The molecule has 1 aliphatic rings. The predicted molar refractivity (Wildman–Crippen MR) is 73.8 cm³/mol. The van der Waals surface area contributed by atoms with Crippen LogP contribution in [0.15, 0.2) is 18.2 Å². The molecule has 1 aromatic rings. The van der Waals surface area contributed by atoms with Gasteiger partial charge >= 0.3 is 5.69 Å². The molecule has 0 saturated carbocycles. The Labute approximate surface area is 112 Å². The van der Waals surface area contributed by atoms with Crippen LogP contribution in [0.1, 0.15) is 19.3 Å². The molecule has 6 nitrogen and oxygen atoms in total. The molecule has 2 rings (SSSR count). The van der Waals surface area contributed by atoms with Crippen molar-refractivity contribution in [3.63, 3.8) is 0 Å². The van der Waals surface area contributed by atoms with Crippen LogP contribution in [0.25, 0.3) is 0 Å². The zero-order valence-electron chi connectivity index (χ0n) is 11.0. The Bertz CT molecular complexity index is 443. The molecule has 1 unspecified atom stereocenters. The highest BCUT2D eigenvalue weighted by molar-refractivity contribution is 5.58. The van der Waals surface area contributed by atoms with Gasteiger partial charge in [-0.05, 0) is 44.5 Å². The fourth-order valence-electron chi connectivity index (χ4n) is 2.32. The number of ether oxygens (including phenoxy) is 1. The Morgan fingerprint density at radius 2 is 2.26 bits per heavy atom. The van der Waals surface area contributed by atoms with Gasteiger partial charge in [0, 0.05) is 17.8 Å². The number of anilines is 1. The SMILES string of the molecule is COc1ccc(NC2CCCNCC2)cc1[N+](=O)[O-]. The number of rotatable bonds is 4. The number of hydrogen-bond donors (Lipinski definition) is 2. The van der Waals surface area contributed by atoms with Gasteiger partial charge in [0.25, 0.3) is 0 Å². The van der Waals surface area contributed by atoms with Crippen molar-refractivity contribution < 1.29 is 9.66 Å². The Balaban J connectivity index is 2.11. The van der Waals surface area contributed by atoms with Gasteiger partial charge in [0.05, 0.1) is 12.0 Å². The van der Waals surface area contributed by atoms with Crippen molar-refractivity contribution in [3.05, 3.63) is 28.3 Å². The largest absolute Gasteiger partial charge is 0.490 e. The molecule has 1 saturated heterocycles. The topological polar surface area (TPSA) is 76.4 Å². The summed E-state index contributed by atoms with van der Waals surface area (Å²) in [5.41, 5.74) is 0.777. The van der Waals surface area contributed by atoms with E-state index in [2.05, 4.69) is 10.6 Å². The monoisotopic (exact) mass is 265 g/mol. The summed E-state index contributed by atoms with van der Waals surface area (Å²) in [6.45, 7) is 2.02. The Kier molecular flexibility index (Phi) is 4.57. The molecular weight excluding hydrogens is 246 g/mol. The fourth-order valence-corrected chi connectivity index (χ4v) is 2.32. The third kappa shape index (κ3) is 3.57. The average Bonchev–Trinajstić information content (AvgIpc) is 2.67. The lowest BCUT2D eigenvalue weighted by Crippen LogP contribution is -2.21. The number of nitrogens with one attached hydrogen (secondary N) is 2. The van der Waals surface area contributed by atoms with E-state index in [1.54, 1.807) is 6.07 Å². The molecule has 1 aromatic carbocycles. The van der Waals surface area contributed by atoms with Crippen molar-refractivity contribution in [3.8, 4) is 5.75 Å². The second kappa shape index (κ2) is 6.38. The highest BCUT2D eigenvalue weighted by atomic mass is 16.6. The molecular formula is C13H19N3O3. The van der Waals surface area contributed by atoms with E-state index in [1.807, 2.05) is 6.07 Å². The van der Waals surface area contributed by atoms with Crippen LogP contribution in [0.4, 0.5) is 11.4 Å². The summed E-state index contributed by atoms with van der Waals surface area (Å²) >= 11 is 0. The van der Waals surface area contributed by atoms with Crippen molar-refractivity contribution in [2.24, 2.45) is 0 Å². The van der Waals surface area contributed by atoms with Crippen LogP contribution in [0.2, 0.25) is 0 Å². The Morgan fingerprint density at radius 1 is 1.42 bits per heavy atom. The van der Waals surface area contributed by atoms with Gasteiger partial charge in [-0.1, -0.05) is 0 Å². The number of hydrogen-bond acceptors (Lipinski definition) is 5. The number of nitrogens with zero attached hydrogens (tertiary/aromatic N) is 1. The molecule has 1 atom stereocenters. The van der Waals surface area contributed by atoms with E-state index < -0.39 is 4.92 Å². The molecule has 0 aliphatic carbocycles. The maximum absolute atomic E-state index is 11.0. The van der Waals surface area contributed by atoms with Crippen molar-refractivity contribution >= 4 is 11.4 Å². The third-order valence-corrected chi connectivity index (χ3v) is 3.32. The first-order valence-electron chi connectivity index (χ1n) is 6.50. The van der Waals surface area contributed by atoms with Crippen molar-refractivity contribution in [2.75, 3.05) is 25.5 Å². The zero-order chi connectivity index (χ0) is 13.7. The third-order valence-electron chi connectivity index (χ3n) is 3.32. The summed E-state index contributed by atoms with van der Waals surface area (Å²) in [5.74, 6) is 0.290. The number of nitro benzene ring substituents is 1. The van der Waals surface area contributed by atoms with Gasteiger partial charge in [-0.15, -0.1) is 0 Å². The highest BCUT2D eigenvalue weighted by Crippen LogP contribution is 2.30. The van der Waals surface area contributed by atoms with E-state index >= 15 is 0 Å². The van der Waals surface area contributed by atoms with E-state index in [1.165, 1.54) is 13.2 Å². The summed E-state index contributed by atoms with van der Waals surface area (Å²) in [4.78, 5) is 10.5. The second-order valence-electron chi connectivity index (χ2n) is 4.67. The van der Waals surface area contributed by atoms with E-state index in [9.17, 15) is 10.1 Å². The lowest BCUT2D eigenvalue weighted by Gasteiger charge is -2.17. The maximum atomic E-state index is 11.0. The predicted octanol–water partition coefficient (Wildman–Crippen LogP) is 2.16.